The highest BCUT2D eigenvalue weighted by molar-refractivity contribution is 7.99. The second-order valence-electron chi connectivity index (χ2n) is 4.63. The third-order valence-corrected chi connectivity index (χ3v) is 3.63. The molecule has 0 amide bonds. The fourth-order valence-corrected chi connectivity index (χ4v) is 2.41. The van der Waals surface area contributed by atoms with Crippen LogP contribution in [0.15, 0.2) is 34.3 Å². The van der Waals surface area contributed by atoms with Gasteiger partial charge in [0, 0.05) is 4.90 Å². The fourth-order valence-electron chi connectivity index (χ4n) is 1.67. The third kappa shape index (κ3) is 4.30. The van der Waals surface area contributed by atoms with Crippen molar-refractivity contribution in [1.29, 1.82) is 0 Å². The normalized spacial score (nSPS) is 10.7. The molecular weight excluding hydrogens is 286 g/mol. The first-order valence-electron chi connectivity index (χ1n) is 6.75. The van der Waals surface area contributed by atoms with E-state index >= 15 is 0 Å². The Bertz CT molecular complexity index is 588. The molecule has 1 heterocycles. The Morgan fingerprint density at radius 1 is 1.19 bits per heavy atom. The van der Waals surface area contributed by atoms with Crippen LogP contribution in [0.3, 0.4) is 0 Å². The number of anilines is 1. The van der Waals surface area contributed by atoms with Gasteiger partial charge in [-0.1, -0.05) is 26.0 Å². The smallest absolute Gasteiger partial charge is 0.322 e. The number of hydrogen-bond acceptors (Lipinski definition) is 7. The lowest BCUT2D eigenvalue weighted by Gasteiger charge is -2.08. The van der Waals surface area contributed by atoms with E-state index in [9.17, 15) is 0 Å². The van der Waals surface area contributed by atoms with Crippen molar-refractivity contribution >= 4 is 17.7 Å². The number of hydrazine groups is 1. The summed E-state index contributed by atoms with van der Waals surface area (Å²) in [4.78, 5) is 13.5. The number of rotatable bonds is 6. The Hall–Kier alpha value is -1.86. The van der Waals surface area contributed by atoms with Crippen molar-refractivity contribution in [2.24, 2.45) is 5.84 Å². The van der Waals surface area contributed by atoms with Crippen molar-refractivity contribution in [3.05, 3.63) is 29.8 Å². The molecule has 0 aliphatic carbocycles. The Morgan fingerprint density at radius 3 is 2.48 bits per heavy atom. The maximum atomic E-state index is 5.36. The Kier molecular flexibility index (Phi) is 5.35. The van der Waals surface area contributed by atoms with Crippen LogP contribution < -0.4 is 16.0 Å². The van der Waals surface area contributed by atoms with Crippen molar-refractivity contribution in [2.45, 2.75) is 36.7 Å². The molecule has 0 spiro atoms. The minimum absolute atomic E-state index is 0.266. The van der Waals surface area contributed by atoms with Crippen LogP contribution in [0.2, 0.25) is 0 Å². The van der Waals surface area contributed by atoms with Gasteiger partial charge in [-0.2, -0.15) is 15.0 Å². The fraction of sp³-hybridized carbons (Fsp3) is 0.357. The minimum Gasteiger partial charge on any atom is -0.464 e. The van der Waals surface area contributed by atoms with Crippen LogP contribution in [0.25, 0.3) is 0 Å². The summed E-state index contributed by atoms with van der Waals surface area (Å²) >= 11 is 1.44. The molecule has 1 aromatic carbocycles. The van der Waals surface area contributed by atoms with Gasteiger partial charge in [0.05, 0.1) is 6.61 Å². The largest absolute Gasteiger partial charge is 0.464 e. The van der Waals surface area contributed by atoms with Gasteiger partial charge in [0.1, 0.15) is 0 Å². The molecule has 0 aliphatic rings. The Morgan fingerprint density at radius 2 is 1.90 bits per heavy atom. The maximum absolute atomic E-state index is 5.36. The van der Waals surface area contributed by atoms with Crippen LogP contribution in [-0.2, 0) is 0 Å². The summed E-state index contributed by atoms with van der Waals surface area (Å²) < 4.78 is 5.31. The van der Waals surface area contributed by atoms with Gasteiger partial charge in [-0.15, -0.1) is 0 Å². The molecule has 2 aromatic rings. The first-order chi connectivity index (χ1) is 10.1. The molecule has 0 bridgehead atoms. The lowest BCUT2D eigenvalue weighted by molar-refractivity contribution is 0.308. The van der Waals surface area contributed by atoms with Crippen LogP contribution in [0.4, 0.5) is 5.95 Å². The summed E-state index contributed by atoms with van der Waals surface area (Å²) in [5.74, 6) is 6.16. The van der Waals surface area contributed by atoms with Crippen molar-refractivity contribution < 1.29 is 4.74 Å². The maximum Gasteiger partial charge on any atom is 0.322 e. The van der Waals surface area contributed by atoms with E-state index in [1.54, 1.807) is 0 Å². The van der Waals surface area contributed by atoms with Gasteiger partial charge in [0.15, 0.2) is 0 Å². The second-order valence-corrected chi connectivity index (χ2v) is 5.67. The lowest BCUT2D eigenvalue weighted by Crippen LogP contribution is -2.12. The van der Waals surface area contributed by atoms with Gasteiger partial charge >= 0.3 is 6.01 Å². The zero-order valence-electron chi connectivity index (χ0n) is 12.3. The number of hydrogen-bond donors (Lipinski definition) is 2. The van der Waals surface area contributed by atoms with E-state index in [4.69, 9.17) is 10.6 Å². The third-order valence-electron chi connectivity index (χ3n) is 2.75. The molecule has 0 atom stereocenters. The molecule has 0 unspecified atom stereocenters. The van der Waals surface area contributed by atoms with E-state index in [1.165, 1.54) is 17.3 Å². The zero-order valence-corrected chi connectivity index (χ0v) is 13.1. The number of nitrogens with two attached hydrogens (primary N) is 1. The summed E-state index contributed by atoms with van der Waals surface area (Å²) in [6, 6.07) is 8.60. The van der Waals surface area contributed by atoms with Gasteiger partial charge in [-0.25, -0.2) is 5.84 Å². The quantitative estimate of drug-likeness (QED) is 0.627. The van der Waals surface area contributed by atoms with Crippen molar-refractivity contribution in [3.8, 4) is 6.01 Å². The van der Waals surface area contributed by atoms with E-state index in [0.717, 1.165) is 4.90 Å². The highest BCUT2D eigenvalue weighted by Gasteiger charge is 2.08. The van der Waals surface area contributed by atoms with Gasteiger partial charge in [-0.3, -0.25) is 5.43 Å². The molecule has 3 N–H and O–H groups in total. The summed E-state index contributed by atoms with van der Waals surface area (Å²) in [5, 5.41) is 0.540. The molecule has 0 saturated carbocycles. The molecule has 6 nitrogen and oxygen atoms in total. The SMILES string of the molecule is CCOc1nc(NN)nc(Sc2ccc(C(C)C)cc2)n1. The topological polar surface area (TPSA) is 86.0 Å². The molecule has 0 aliphatic heterocycles. The van der Waals surface area contributed by atoms with Crippen LogP contribution in [0.5, 0.6) is 6.01 Å². The highest BCUT2D eigenvalue weighted by Crippen LogP contribution is 2.27. The summed E-state index contributed by atoms with van der Waals surface area (Å²) in [6.45, 7) is 6.70. The molecule has 2 rings (SSSR count). The molecule has 7 heteroatoms. The summed E-state index contributed by atoms with van der Waals surface area (Å²) in [7, 11) is 0. The average Bonchev–Trinajstić information content (AvgIpc) is 2.48. The van der Waals surface area contributed by atoms with Crippen LogP contribution >= 0.6 is 11.8 Å². The van der Waals surface area contributed by atoms with Crippen LogP contribution in [-0.4, -0.2) is 21.6 Å². The number of nitrogens with zero attached hydrogens (tertiary/aromatic N) is 3. The number of benzene rings is 1. The van der Waals surface area contributed by atoms with E-state index in [0.29, 0.717) is 17.7 Å². The predicted molar refractivity (Wildman–Crippen MR) is 83.5 cm³/mol. The van der Waals surface area contributed by atoms with Crippen LogP contribution in [0.1, 0.15) is 32.3 Å². The average molecular weight is 305 g/mol. The molecule has 0 saturated heterocycles. The first-order valence-corrected chi connectivity index (χ1v) is 7.57. The lowest BCUT2D eigenvalue weighted by atomic mass is 10.0. The number of nitrogens with one attached hydrogen (secondary N) is 1. The summed E-state index contributed by atoms with van der Waals surface area (Å²) in [6.07, 6.45) is 0. The van der Waals surface area contributed by atoms with Crippen molar-refractivity contribution in [1.82, 2.24) is 15.0 Å². The highest BCUT2D eigenvalue weighted by atomic mass is 32.2. The van der Waals surface area contributed by atoms with E-state index in [1.807, 2.05) is 6.92 Å². The Balaban J connectivity index is 2.19. The van der Waals surface area contributed by atoms with Crippen molar-refractivity contribution in [2.75, 3.05) is 12.0 Å². The van der Waals surface area contributed by atoms with Gasteiger partial charge < -0.3 is 4.74 Å². The van der Waals surface area contributed by atoms with E-state index in [-0.39, 0.29) is 12.0 Å². The number of ether oxygens (including phenoxy) is 1. The monoisotopic (exact) mass is 305 g/mol. The molecule has 112 valence electrons. The molecular formula is C14H19N5OS. The first kappa shape index (κ1) is 15.5. The van der Waals surface area contributed by atoms with Crippen LogP contribution in [0, 0.1) is 0 Å². The molecule has 0 radical (unpaired) electrons. The van der Waals surface area contributed by atoms with Crippen molar-refractivity contribution in [3.63, 3.8) is 0 Å². The van der Waals surface area contributed by atoms with Gasteiger partial charge in [-0.05, 0) is 42.3 Å². The molecule has 1 aromatic heterocycles. The van der Waals surface area contributed by atoms with Gasteiger partial charge in [0.25, 0.3) is 0 Å². The predicted octanol–water partition coefficient (Wildman–Crippen LogP) is 2.83. The van der Waals surface area contributed by atoms with E-state index < -0.39 is 0 Å². The van der Waals surface area contributed by atoms with E-state index in [2.05, 4.69) is 58.5 Å². The zero-order chi connectivity index (χ0) is 15.2. The number of aromatic nitrogens is 3. The molecule has 0 fully saturated rings. The molecule has 21 heavy (non-hydrogen) atoms. The van der Waals surface area contributed by atoms with Gasteiger partial charge in [0.2, 0.25) is 11.1 Å². The minimum atomic E-state index is 0.266. The number of nitrogen functional groups attached to an aromatic ring is 1. The second kappa shape index (κ2) is 7.24. The summed E-state index contributed by atoms with van der Waals surface area (Å²) in [5.41, 5.74) is 3.72. The standard InChI is InChI=1S/C14H19N5OS/c1-4-20-13-16-12(19-15)17-14(18-13)21-11-7-5-10(6-8-11)9(2)3/h5-9H,4,15H2,1-3H3,(H,16,17,18,19). The Labute approximate surface area is 128 Å².